The Hall–Kier alpha value is -1.22. The molecule has 1 N–H and O–H groups in total. The lowest BCUT2D eigenvalue weighted by Crippen LogP contribution is -2.09. The molecule has 0 amide bonds. The van der Waals surface area contributed by atoms with Crippen molar-refractivity contribution in [2.75, 3.05) is 0 Å². The van der Waals surface area contributed by atoms with Crippen LogP contribution in [0.25, 0.3) is 0 Å². The van der Waals surface area contributed by atoms with Gasteiger partial charge in [-0.1, -0.05) is 30.4 Å². The van der Waals surface area contributed by atoms with Crippen molar-refractivity contribution in [1.82, 2.24) is 9.97 Å². The van der Waals surface area contributed by atoms with E-state index in [1.165, 1.54) is 0 Å². The van der Waals surface area contributed by atoms with Gasteiger partial charge in [0.15, 0.2) is 0 Å². The van der Waals surface area contributed by atoms with Crippen molar-refractivity contribution in [3.63, 3.8) is 0 Å². The number of hydrogen-bond acceptors (Lipinski definition) is 2. The standard InChI is InChI=1S/C9H7N2S/c12-8-4-2-1-3-7(8)9-10-5-6-11-9/h1-3,5-7H,(H,10,11). The van der Waals surface area contributed by atoms with E-state index in [-0.39, 0.29) is 5.92 Å². The molecule has 1 atom stereocenters. The second-order valence-corrected chi connectivity index (χ2v) is 2.95. The van der Waals surface area contributed by atoms with Crippen LogP contribution in [0.4, 0.5) is 0 Å². The number of nitrogens with zero attached hydrogens (tertiary/aromatic N) is 1. The molecule has 1 radical (unpaired) electrons. The Morgan fingerprint density at radius 2 is 2.50 bits per heavy atom. The summed E-state index contributed by atoms with van der Waals surface area (Å²) in [5.74, 6) is 0.983. The minimum absolute atomic E-state index is 0.0972. The average Bonchev–Trinajstić information content (AvgIpc) is 2.57. The zero-order valence-corrected chi connectivity index (χ0v) is 7.14. The first-order valence-corrected chi connectivity index (χ1v) is 4.08. The maximum atomic E-state index is 5.12. The molecule has 0 aromatic carbocycles. The highest BCUT2D eigenvalue weighted by Gasteiger charge is 2.15. The Balaban J connectivity index is 2.31. The highest BCUT2D eigenvalue weighted by molar-refractivity contribution is 7.80. The molecule has 1 aliphatic carbocycles. The van der Waals surface area contributed by atoms with Crippen LogP contribution in [0.2, 0.25) is 0 Å². The van der Waals surface area contributed by atoms with Gasteiger partial charge in [0.25, 0.3) is 0 Å². The van der Waals surface area contributed by atoms with E-state index >= 15 is 0 Å². The SMILES string of the molecule is S=C1[C]=CC=CC1c1ncc[nH]1. The Morgan fingerprint density at radius 1 is 1.58 bits per heavy atom. The van der Waals surface area contributed by atoms with Crippen LogP contribution < -0.4 is 0 Å². The van der Waals surface area contributed by atoms with Crippen molar-refractivity contribution in [2.24, 2.45) is 0 Å². The second-order valence-electron chi connectivity index (χ2n) is 2.51. The molecule has 1 aromatic heterocycles. The number of H-pyrrole nitrogens is 1. The monoisotopic (exact) mass is 175 g/mol. The van der Waals surface area contributed by atoms with Gasteiger partial charge in [-0.2, -0.15) is 0 Å². The Morgan fingerprint density at radius 3 is 3.17 bits per heavy atom. The van der Waals surface area contributed by atoms with Crippen LogP contribution in [0.1, 0.15) is 11.7 Å². The van der Waals surface area contributed by atoms with Crippen molar-refractivity contribution in [2.45, 2.75) is 5.92 Å². The van der Waals surface area contributed by atoms with Gasteiger partial charge in [0.1, 0.15) is 5.82 Å². The van der Waals surface area contributed by atoms with Crippen molar-refractivity contribution in [3.8, 4) is 0 Å². The molecule has 0 fully saturated rings. The van der Waals surface area contributed by atoms with Gasteiger partial charge in [-0.05, 0) is 6.08 Å². The summed E-state index contributed by atoms with van der Waals surface area (Å²) in [4.78, 5) is 7.96. The normalized spacial score (nSPS) is 21.7. The summed E-state index contributed by atoms with van der Waals surface area (Å²) in [6.07, 6.45) is 12.3. The van der Waals surface area contributed by atoms with Crippen molar-refractivity contribution in [1.29, 1.82) is 0 Å². The van der Waals surface area contributed by atoms with E-state index in [9.17, 15) is 0 Å². The van der Waals surface area contributed by atoms with E-state index in [0.29, 0.717) is 0 Å². The number of aromatic nitrogens is 2. The predicted octanol–water partition coefficient (Wildman–Crippen LogP) is 1.79. The average molecular weight is 175 g/mol. The fourth-order valence-corrected chi connectivity index (χ4v) is 1.40. The molecule has 1 aliphatic rings. The van der Waals surface area contributed by atoms with Gasteiger partial charge < -0.3 is 4.98 Å². The fraction of sp³-hybridized carbons (Fsp3) is 0.111. The summed E-state index contributed by atoms with van der Waals surface area (Å²) in [7, 11) is 0. The molecule has 2 rings (SSSR count). The molecule has 0 saturated heterocycles. The molecule has 1 heterocycles. The lowest BCUT2D eigenvalue weighted by molar-refractivity contribution is 0.995. The molecule has 0 aliphatic heterocycles. The topological polar surface area (TPSA) is 28.7 Å². The van der Waals surface area contributed by atoms with Gasteiger partial charge in [0.2, 0.25) is 0 Å². The van der Waals surface area contributed by atoms with Crippen LogP contribution in [-0.4, -0.2) is 14.8 Å². The number of hydrogen-bond donors (Lipinski definition) is 1. The number of rotatable bonds is 1. The van der Waals surface area contributed by atoms with Crippen LogP contribution in [0.15, 0.2) is 30.6 Å². The lowest BCUT2D eigenvalue weighted by atomic mass is 10.0. The van der Waals surface area contributed by atoms with E-state index in [1.54, 1.807) is 12.4 Å². The predicted molar refractivity (Wildman–Crippen MR) is 50.9 cm³/mol. The summed E-state index contributed by atoms with van der Waals surface area (Å²) < 4.78 is 0. The first-order valence-electron chi connectivity index (χ1n) is 3.67. The smallest absolute Gasteiger partial charge is 0.118 e. The highest BCUT2D eigenvalue weighted by atomic mass is 32.1. The van der Waals surface area contributed by atoms with E-state index in [1.807, 2.05) is 18.2 Å². The zero-order chi connectivity index (χ0) is 8.39. The van der Waals surface area contributed by atoms with Crippen LogP contribution >= 0.6 is 12.2 Å². The number of allylic oxidation sites excluding steroid dienone is 4. The summed E-state index contributed by atoms with van der Waals surface area (Å²) in [5.41, 5.74) is 0. The van der Waals surface area contributed by atoms with Crippen molar-refractivity contribution < 1.29 is 0 Å². The number of aromatic amines is 1. The molecule has 3 heteroatoms. The summed E-state index contributed by atoms with van der Waals surface area (Å²) in [6.45, 7) is 0. The fourth-order valence-electron chi connectivity index (χ4n) is 1.14. The lowest BCUT2D eigenvalue weighted by Gasteiger charge is -2.09. The van der Waals surface area contributed by atoms with Crippen molar-refractivity contribution in [3.05, 3.63) is 42.5 Å². The van der Waals surface area contributed by atoms with Crippen LogP contribution in [-0.2, 0) is 0 Å². The third-order valence-electron chi connectivity index (χ3n) is 1.72. The summed E-state index contributed by atoms with van der Waals surface area (Å²) >= 11 is 5.12. The zero-order valence-electron chi connectivity index (χ0n) is 6.32. The van der Waals surface area contributed by atoms with Gasteiger partial charge in [-0.15, -0.1) is 0 Å². The minimum Gasteiger partial charge on any atom is -0.348 e. The van der Waals surface area contributed by atoms with Gasteiger partial charge in [0.05, 0.1) is 5.92 Å². The van der Waals surface area contributed by atoms with Crippen LogP contribution in [0.5, 0.6) is 0 Å². The number of imidazole rings is 1. The van der Waals surface area contributed by atoms with Gasteiger partial charge in [-0.25, -0.2) is 4.98 Å². The molecule has 12 heavy (non-hydrogen) atoms. The summed E-state index contributed by atoms with van der Waals surface area (Å²) in [5, 5.41) is 0. The van der Waals surface area contributed by atoms with E-state index < -0.39 is 0 Å². The second kappa shape index (κ2) is 3.03. The third kappa shape index (κ3) is 1.23. The maximum Gasteiger partial charge on any atom is 0.118 e. The molecule has 1 unspecified atom stereocenters. The quantitative estimate of drug-likeness (QED) is 0.659. The molecule has 59 valence electrons. The molecule has 0 saturated carbocycles. The Labute approximate surface area is 76.0 Å². The van der Waals surface area contributed by atoms with Gasteiger partial charge >= 0.3 is 0 Å². The van der Waals surface area contributed by atoms with Crippen LogP contribution in [0.3, 0.4) is 0 Å². The van der Waals surface area contributed by atoms with Gasteiger partial charge in [0, 0.05) is 17.3 Å². The molecular formula is C9H7N2S. The Bertz CT molecular complexity index is 335. The van der Waals surface area contributed by atoms with Crippen LogP contribution in [0, 0.1) is 6.08 Å². The maximum absolute atomic E-state index is 5.12. The van der Waals surface area contributed by atoms with E-state index in [4.69, 9.17) is 12.2 Å². The minimum atomic E-state index is 0.0972. The first-order chi connectivity index (χ1) is 5.88. The molecule has 0 spiro atoms. The number of nitrogens with one attached hydrogen (secondary N) is 1. The highest BCUT2D eigenvalue weighted by Crippen LogP contribution is 2.18. The summed E-state index contributed by atoms with van der Waals surface area (Å²) in [6, 6.07) is 0. The van der Waals surface area contributed by atoms with Gasteiger partial charge in [-0.3, -0.25) is 0 Å². The molecule has 2 nitrogen and oxygen atoms in total. The molecular weight excluding hydrogens is 168 g/mol. The third-order valence-corrected chi connectivity index (χ3v) is 2.09. The number of thiocarbonyl (C=S) groups is 1. The first kappa shape index (κ1) is 7.43. The van der Waals surface area contributed by atoms with E-state index in [2.05, 4.69) is 16.0 Å². The molecule has 0 bridgehead atoms. The van der Waals surface area contributed by atoms with E-state index in [0.717, 1.165) is 10.7 Å². The van der Waals surface area contributed by atoms with Crippen molar-refractivity contribution >= 4 is 17.1 Å². The Kier molecular flexibility index (Phi) is 1.87. The largest absolute Gasteiger partial charge is 0.348 e. The molecule has 1 aromatic rings.